The summed E-state index contributed by atoms with van der Waals surface area (Å²) in [6, 6.07) is 3.83. The molecule has 3 nitrogen and oxygen atoms in total. The molecule has 21 heavy (non-hydrogen) atoms. The van der Waals surface area contributed by atoms with Crippen LogP contribution < -0.4 is 5.32 Å². The Balaban J connectivity index is 0.00000220. The van der Waals surface area contributed by atoms with E-state index in [9.17, 15) is 4.79 Å². The normalized spacial score (nSPS) is 17.4. The van der Waals surface area contributed by atoms with Crippen LogP contribution in [0.5, 0.6) is 0 Å². The highest BCUT2D eigenvalue weighted by molar-refractivity contribution is 7.16. The summed E-state index contributed by atoms with van der Waals surface area (Å²) >= 11 is 7.46. The number of halogens is 2. The Morgan fingerprint density at radius 2 is 2.14 bits per heavy atom. The molecule has 1 saturated heterocycles. The smallest absolute Gasteiger partial charge is 0.230 e. The molecule has 1 fully saturated rings. The van der Waals surface area contributed by atoms with E-state index in [1.54, 1.807) is 0 Å². The Hall–Kier alpha value is -0.290. The number of carbonyl (C=O) groups excluding carboxylic acids is 1. The lowest BCUT2D eigenvalue weighted by atomic mass is 9.95. The van der Waals surface area contributed by atoms with Crippen LogP contribution in [0.1, 0.15) is 37.5 Å². The van der Waals surface area contributed by atoms with E-state index in [-0.39, 0.29) is 24.2 Å². The lowest BCUT2D eigenvalue weighted by Gasteiger charge is -2.33. The van der Waals surface area contributed by atoms with Crippen molar-refractivity contribution in [3.8, 4) is 0 Å². The van der Waals surface area contributed by atoms with Crippen LogP contribution in [0.25, 0.3) is 0 Å². The maximum Gasteiger partial charge on any atom is 0.230 e. The van der Waals surface area contributed by atoms with Gasteiger partial charge in [0.05, 0.1) is 10.3 Å². The van der Waals surface area contributed by atoms with Crippen LogP contribution in [-0.4, -0.2) is 37.0 Å². The molecule has 2 heterocycles. The second-order valence-electron chi connectivity index (χ2n) is 5.44. The number of hydrogen-bond acceptors (Lipinski definition) is 3. The lowest BCUT2D eigenvalue weighted by molar-refractivity contribution is -0.133. The van der Waals surface area contributed by atoms with E-state index < -0.39 is 0 Å². The van der Waals surface area contributed by atoms with Crippen molar-refractivity contribution in [2.75, 3.05) is 26.2 Å². The standard InChI is InChI=1S/C15H23ClN2OS.ClH/c1-3-17-10-12-6-8-18(9-7-12)15(19)11(2)13-4-5-14(16)20-13;/h4-5,11-12,17H,3,6-10H2,1-2H3;1H. The minimum atomic E-state index is -0.0715. The topological polar surface area (TPSA) is 32.3 Å². The summed E-state index contributed by atoms with van der Waals surface area (Å²) in [6.07, 6.45) is 2.22. The van der Waals surface area contributed by atoms with E-state index >= 15 is 0 Å². The van der Waals surface area contributed by atoms with Crippen LogP contribution >= 0.6 is 35.3 Å². The molecular weight excluding hydrogens is 327 g/mol. The first-order valence-corrected chi connectivity index (χ1v) is 8.56. The van der Waals surface area contributed by atoms with Crippen LogP contribution in [0.2, 0.25) is 4.34 Å². The van der Waals surface area contributed by atoms with Gasteiger partial charge in [-0.3, -0.25) is 4.79 Å². The molecule has 6 heteroatoms. The third-order valence-corrected chi connectivity index (χ3v) is 5.41. The number of thiophene rings is 1. The fourth-order valence-electron chi connectivity index (χ4n) is 2.66. The molecule has 0 aromatic carbocycles. The molecule has 0 spiro atoms. The van der Waals surface area contributed by atoms with Gasteiger partial charge in [0, 0.05) is 18.0 Å². The van der Waals surface area contributed by atoms with Crippen LogP contribution in [0.15, 0.2) is 12.1 Å². The summed E-state index contributed by atoms with van der Waals surface area (Å²) in [4.78, 5) is 15.6. The maximum absolute atomic E-state index is 12.5. The van der Waals surface area contributed by atoms with E-state index in [1.807, 2.05) is 24.0 Å². The van der Waals surface area contributed by atoms with E-state index in [4.69, 9.17) is 11.6 Å². The van der Waals surface area contributed by atoms with Crippen molar-refractivity contribution in [3.63, 3.8) is 0 Å². The van der Waals surface area contributed by atoms with Crippen LogP contribution in [-0.2, 0) is 4.79 Å². The molecule has 2 rings (SSSR count). The van der Waals surface area contributed by atoms with Crippen molar-refractivity contribution in [2.45, 2.75) is 32.6 Å². The first-order valence-electron chi connectivity index (χ1n) is 7.36. The Labute approximate surface area is 142 Å². The van der Waals surface area contributed by atoms with Gasteiger partial charge in [0.25, 0.3) is 0 Å². The number of hydrogen-bond donors (Lipinski definition) is 1. The molecule has 1 aliphatic rings. The average Bonchev–Trinajstić information content (AvgIpc) is 2.90. The zero-order chi connectivity index (χ0) is 14.5. The van der Waals surface area contributed by atoms with E-state index in [2.05, 4.69) is 12.2 Å². The van der Waals surface area contributed by atoms with E-state index in [1.165, 1.54) is 11.3 Å². The lowest BCUT2D eigenvalue weighted by Crippen LogP contribution is -2.42. The summed E-state index contributed by atoms with van der Waals surface area (Å²) < 4.78 is 0.754. The summed E-state index contributed by atoms with van der Waals surface area (Å²) in [6.45, 7) is 7.99. The zero-order valence-corrected chi connectivity index (χ0v) is 15.0. The highest BCUT2D eigenvalue weighted by atomic mass is 35.5. The maximum atomic E-state index is 12.5. The molecule has 0 aliphatic carbocycles. The molecule has 1 aromatic rings. The number of nitrogens with one attached hydrogen (secondary N) is 1. The first kappa shape index (κ1) is 18.8. The van der Waals surface area contributed by atoms with Gasteiger partial charge in [-0.25, -0.2) is 0 Å². The van der Waals surface area contributed by atoms with E-state index in [0.29, 0.717) is 5.92 Å². The minimum absolute atomic E-state index is 0. The Morgan fingerprint density at radius 3 is 2.67 bits per heavy atom. The van der Waals surface area contributed by atoms with Crippen molar-refractivity contribution in [1.82, 2.24) is 10.2 Å². The van der Waals surface area contributed by atoms with Crippen LogP contribution in [0.3, 0.4) is 0 Å². The number of nitrogens with zero attached hydrogens (tertiary/aromatic N) is 1. The Morgan fingerprint density at radius 1 is 1.48 bits per heavy atom. The third-order valence-electron chi connectivity index (χ3n) is 4.00. The second kappa shape index (κ2) is 8.99. The minimum Gasteiger partial charge on any atom is -0.342 e. The molecule has 1 aliphatic heterocycles. The van der Waals surface area contributed by atoms with Gasteiger partial charge in [0.2, 0.25) is 5.91 Å². The monoisotopic (exact) mass is 350 g/mol. The Kier molecular flexibility index (Phi) is 8.03. The number of carbonyl (C=O) groups is 1. The predicted octanol–water partition coefficient (Wildman–Crippen LogP) is 3.77. The highest BCUT2D eigenvalue weighted by Crippen LogP contribution is 2.30. The van der Waals surface area contributed by atoms with Gasteiger partial charge in [0.15, 0.2) is 0 Å². The fraction of sp³-hybridized carbons (Fsp3) is 0.667. The zero-order valence-electron chi connectivity index (χ0n) is 12.6. The van der Waals surface area contributed by atoms with Crippen molar-refractivity contribution < 1.29 is 4.79 Å². The molecule has 0 radical (unpaired) electrons. The quantitative estimate of drug-likeness (QED) is 0.876. The van der Waals surface area contributed by atoms with E-state index in [0.717, 1.165) is 48.2 Å². The summed E-state index contributed by atoms with van der Waals surface area (Å²) in [5.74, 6) is 0.883. The number of likely N-dealkylation sites (tertiary alicyclic amines) is 1. The van der Waals surface area contributed by atoms with Gasteiger partial charge in [-0.2, -0.15) is 0 Å². The molecule has 1 aromatic heterocycles. The SMILES string of the molecule is CCNCC1CCN(C(=O)C(C)c2ccc(Cl)s2)CC1.Cl. The van der Waals surface area contributed by atoms with Crippen molar-refractivity contribution in [3.05, 3.63) is 21.3 Å². The average molecular weight is 351 g/mol. The Bertz CT molecular complexity index is 445. The molecule has 1 amide bonds. The molecule has 0 saturated carbocycles. The van der Waals surface area contributed by atoms with Gasteiger partial charge in [-0.05, 0) is 50.9 Å². The molecule has 1 N–H and O–H groups in total. The summed E-state index contributed by atoms with van der Waals surface area (Å²) in [5.41, 5.74) is 0. The third kappa shape index (κ3) is 5.13. The summed E-state index contributed by atoms with van der Waals surface area (Å²) in [7, 11) is 0. The van der Waals surface area contributed by atoms with Gasteiger partial charge in [-0.1, -0.05) is 18.5 Å². The molecule has 1 atom stereocenters. The number of amides is 1. The second-order valence-corrected chi connectivity index (χ2v) is 7.19. The molecule has 0 bridgehead atoms. The van der Waals surface area contributed by atoms with Crippen molar-refractivity contribution in [1.29, 1.82) is 0 Å². The highest BCUT2D eigenvalue weighted by Gasteiger charge is 2.27. The molecular formula is C15H24Cl2N2OS. The van der Waals surface area contributed by atoms with Gasteiger partial charge < -0.3 is 10.2 Å². The largest absolute Gasteiger partial charge is 0.342 e. The van der Waals surface area contributed by atoms with Crippen LogP contribution in [0.4, 0.5) is 0 Å². The molecule has 120 valence electrons. The van der Waals surface area contributed by atoms with Gasteiger partial charge in [0.1, 0.15) is 0 Å². The van der Waals surface area contributed by atoms with Crippen molar-refractivity contribution in [2.24, 2.45) is 5.92 Å². The molecule has 1 unspecified atom stereocenters. The van der Waals surface area contributed by atoms with Crippen molar-refractivity contribution >= 4 is 41.3 Å². The summed E-state index contributed by atoms with van der Waals surface area (Å²) in [5, 5.41) is 3.40. The van der Waals surface area contributed by atoms with Gasteiger partial charge in [-0.15, -0.1) is 23.7 Å². The van der Waals surface area contributed by atoms with Gasteiger partial charge >= 0.3 is 0 Å². The first-order chi connectivity index (χ1) is 9.61. The predicted molar refractivity (Wildman–Crippen MR) is 92.8 cm³/mol. The van der Waals surface area contributed by atoms with Crippen LogP contribution in [0, 0.1) is 5.92 Å². The fourth-order valence-corrected chi connectivity index (χ4v) is 3.77. The number of rotatable bonds is 5. The number of piperidine rings is 1.